The minimum Gasteiger partial charge on any atom is -0.380 e. The van der Waals surface area contributed by atoms with E-state index < -0.39 is 0 Å². The molecule has 0 aromatic rings. The molecule has 0 aliphatic carbocycles. The van der Waals surface area contributed by atoms with Gasteiger partial charge in [-0.3, -0.25) is 5.14 Å². The van der Waals surface area contributed by atoms with E-state index in [1.54, 1.807) is 7.11 Å². The first-order valence-electron chi connectivity index (χ1n) is 3.01. The van der Waals surface area contributed by atoms with Crippen LogP contribution < -0.4 is 5.14 Å². The van der Waals surface area contributed by atoms with Gasteiger partial charge in [0, 0.05) is 32.3 Å². The maximum absolute atomic E-state index is 5.34. The third-order valence-electron chi connectivity index (χ3n) is 1.59. The lowest BCUT2D eigenvalue weighted by Crippen LogP contribution is -2.17. The zero-order chi connectivity index (χ0) is 6.69. The van der Waals surface area contributed by atoms with Crippen molar-refractivity contribution in [1.82, 2.24) is 4.31 Å². The van der Waals surface area contributed by atoms with Crippen LogP contribution in [0.5, 0.6) is 0 Å². The van der Waals surface area contributed by atoms with Crippen LogP contribution in [0.2, 0.25) is 0 Å². The van der Waals surface area contributed by atoms with Gasteiger partial charge in [-0.2, -0.15) is 0 Å². The molecule has 0 bridgehead atoms. The standard InChI is InChI=1S/C5H12N2OS/c1-8-5-2-3-7(4-5)9-6/h5H,2-4,6H2,1H3. The lowest BCUT2D eigenvalue weighted by atomic mass is 10.3. The van der Waals surface area contributed by atoms with Gasteiger partial charge in [-0.1, -0.05) is 0 Å². The highest BCUT2D eigenvalue weighted by Gasteiger charge is 2.20. The SMILES string of the molecule is COC1CCN(SN)C1. The van der Waals surface area contributed by atoms with Gasteiger partial charge in [0.2, 0.25) is 0 Å². The van der Waals surface area contributed by atoms with Crippen molar-refractivity contribution < 1.29 is 4.74 Å². The molecule has 0 amide bonds. The maximum atomic E-state index is 5.34. The zero-order valence-corrected chi connectivity index (χ0v) is 6.36. The van der Waals surface area contributed by atoms with Crippen LogP contribution in [0.15, 0.2) is 0 Å². The van der Waals surface area contributed by atoms with Crippen LogP contribution in [-0.4, -0.2) is 30.6 Å². The molecule has 0 aromatic heterocycles. The fourth-order valence-corrected chi connectivity index (χ4v) is 1.45. The molecule has 1 heterocycles. The molecule has 0 spiro atoms. The van der Waals surface area contributed by atoms with E-state index in [0.717, 1.165) is 19.5 Å². The average molecular weight is 148 g/mol. The number of rotatable bonds is 2. The van der Waals surface area contributed by atoms with E-state index >= 15 is 0 Å². The van der Waals surface area contributed by atoms with Crippen molar-refractivity contribution in [1.29, 1.82) is 0 Å². The second kappa shape index (κ2) is 3.41. The lowest BCUT2D eigenvalue weighted by molar-refractivity contribution is 0.115. The molecule has 1 saturated heterocycles. The van der Waals surface area contributed by atoms with Crippen LogP contribution >= 0.6 is 12.1 Å². The average Bonchev–Trinajstić information content (AvgIpc) is 2.34. The zero-order valence-electron chi connectivity index (χ0n) is 5.54. The molecule has 0 saturated carbocycles. The van der Waals surface area contributed by atoms with Gasteiger partial charge in [0.25, 0.3) is 0 Å². The van der Waals surface area contributed by atoms with Gasteiger partial charge in [0.05, 0.1) is 6.10 Å². The Hall–Kier alpha value is 0.230. The summed E-state index contributed by atoms with van der Waals surface area (Å²) >= 11 is 1.30. The molecule has 1 unspecified atom stereocenters. The first kappa shape index (κ1) is 7.34. The number of hydrogen-bond donors (Lipinski definition) is 1. The molecule has 1 aliphatic heterocycles. The van der Waals surface area contributed by atoms with Gasteiger partial charge >= 0.3 is 0 Å². The summed E-state index contributed by atoms with van der Waals surface area (Å²) in [5.74, 6) is 0. The summed E-state index contributed by atoms with van der Waals surface area (Å²) < 4.78 is 7.24. The van der Waals surface area contributed by atoms with Crippen LogP contribution in [0.3, 0.4) is 0 Å². The molecule has 0 radical (unpaired) electrons. The number of nitrogens with two attached hydrogens (primary N) is 1. The topological polar surface area (TPSA) is 38.5 Å². The number of hydrogen-bond acceptors (Lipinski definition) is 4. The van der Waals surface area contributed by atoms with E-state index in [4.69, 9.17) is 9.88 Å². The summed E-state index contributed by atoms with van der Waals surface area (Å²) in [7, 11) is 1.75. The highest BCUT2D eigenvalue weighted by molar-refractivity contribution is 7.94. The molecule has 1 atom stereocenters. The van der Waals surface area contributed by atoms with Crippen molar-refractivity contribution >= 4 is 12.1 Å². The van der Waals surface area contributed by atoms with E-state index in [0.29, 0.717) is 6.10 Å². The summed E-state index contributed by atoms with van der Waals surface area (Å²) in [6.07, 6.45) is 1.52. The van der Waals surface area contributed by atoms with E-state index in [1.807, 2.05) is 0 Å². The van der Waals surface area contributed by atoms with E-state index in [-0.39, 0.29) is 0 Å². The van der Waals surface area contributed by atoms with Crippen LogP contribution in [0.25, 0.3) is 0 Å². The Morgan fingerprint density at radius 1 is 1.78 bits per heavy atom. The van der Waals surface area contributed by atoms with Crippen molar-refractivity contribution in [3.63, 3.8) is 0 Å². The predicted molar refractivity (Wildman–Crippen MR) is 38.8 cm³/mol. The minimum atomic E-state index is 0.404. The fraction of sp³-hybridized carbons (Fsp3) is 1.00. The molecule has 1 rings (SSSR count). The highest BCUT2D eigenvalue weighted by atomic mass is 32.2. The Morgan fingerprint density at radius 2 is 2.56 bits per heavy atom. The third-order valence-corrected chi connectivity index (χ3v) is 2.22. The Kier molecular flexibility index (Phi) is 2.78. The molecular weight excluding hydrogens is 136 g/mol. The van der Waals surface area contributed by atoms with Gasteiger partial charge in [-0.05, 0) is 6.42 Å². The second-order valence-corrected chi connectivity index (χ2v) is 2.87. The Bertz CT molecular complexity index is 81.0. The van der Waals surface area contributed by atoms with Gasteiger partial charge in [-0.25, -0.2) is 4.31 Å². The van der Waals surface area contributed by atoms with Crippen molar-refractivity contribution in [2.24, 2.45) is 5.14 Å². The van der Waals surface area contributed by atoms with Crippen LogP contribution in [0.4, 0.5) is 0 Å². The molecule has 54 valence electrons. The Morgan fingerprint density at radius 3 is 2.89 bits per heavy atom. The van der Waals surface area contributed by atoms with E-state index in [1.165, 1.54) is 12.1 Å². The van der Waals surface area contributed by atoms with Crippen molar-refractivity contribution in [2.75, 3.05) is 20.2 Å². The molecule has 1 aliphatic rings. The predicted octanol–water partition coefficient (Wildman–Crippen LogP) is 0.229. The van der Waals surface area contributed by atoms with Crippen molar-refractivity contribution in [3.8, 4) is 0 Å². The normalized spacial score (nSPS) is 29.3. The highest BCUT2D eigenvalue weighted by Crippen LogP contribution is 2.15. The monoisotopic (exact) mass is 148 g/mol. The van der Waals surface area contributed by atoms with Gasteiger partial charge in [0.1, 0.15) is 0 Å². The van der Waals surface area contributed by atoms with E-state index in [9.17, 15) is 0 Å². The van der Waals surface area contributed by atoms with E-state index in [2.05, 4.69) is 4.31 Å². The quantitative estimate of drug-likeness (QED) is 0.569. The first-order valence-corrected chi connectivity index (χ1v) is 3.85. The van der Waals surface area contributed by atoms with Crippen LogP contribution in [0.1, 0.15) is 6.42 Å². The Balaban J connectivity index is 2.20. The first-order chi connectivity index (χ1) is 4.36. The minimum absolute atomic E-state index is 0.404. The number of methoxy groups -OCH3 is 1. The van der Waals surface area contributed by atoms with Gasteiger partial charge in [0.15, 0.2) is 0 Å². The summed E-state index contributed by atoms with van der Waals surface area (Å²) in [6, 6.07) is 0. The summed E-state index contributed by atoms with van der Waals surface area (Å²) in [4.78, 5) is 0. The summed E-state index contributed by atoms with van der Waals surface area (Å²) in [5, 5.41) is 5.34. The number of nitrogens with zero attached hydrogens (tertiary/aromatic N) is 1. The lowest BCUT2D eigenvalue weighted by Gasteiger charge is -2.09. The second-order valence-electron chi connectivity index (χ2n) is 2.14. The largest absolute Gasteiger partial charge is 0.380 e. The van der Waals surface area contributed by atoms with Gasteiger partial charge < -0.3 is 4.74 Å². The smallest absolute Gasteiger partial charge is 0.0720 e. The van der Waals surface area contributed by atoms with Gasteiger partial charge in [-0.15, -0.1) is 0 Å². The maximum Gasteiger partial charge on any atom is 0.0720 e. The van der Waals surface area contributed by atoms with Crippen molar-refractivity contribution in [3.05, 3.63) is 0 Å². The summed E-state index contributed by atoms with van der Waals surface area (Å²) in [5.41, 5.74) is 0. The van der Waals surface area contributed by atoms with Crippen LogP contribution in [0, 0.1) is 0 Å². The van der Waals surface area contributed by atoms with Crippen LogP contribution in [-0.2, 0) is 4.74 Å². The number of ether oxygens (including phenoxy) is 1. The molecule has 2 N–H and O–H groups in total. The third kappa shape index (κ3) is 1.82. The molecule has 4 heteroatoms. The molecule has 9 heavy (non-hydrogen) atoms. The fourth-order valence-electron chi connectivity index (χ4n) is 0.986. The molecule has 1 fully saturated rings. The van der Waals surface area contributed by atoms with Crippen molar-refractivity contribution in [2.45, 2.75) is 12.5 Å². The molecule has 0 aromatic carbocycles. The Labute approximate surface area is 59.8 Å². The molecule has 3 nitrogen and oxygen atoms in total. The summed E-state index contributed by atoms with van der Waals surface area (Å²) in [6.45, 7) is 2.03. The molecular formula is C5H12N2OS.